The third-order valence-electron chi connectivity index (χ3n) is 6.23. The lowest BCUT2D eigenvalue weighted by molar-refractivity contribution is -0.134. The summed E-state index contributed by atoms with van der Waals surface area (Å²) in [6, 6.07) is 2.06. The van der Waals surface area contributed by atoms with Gasteiger partial charge in [-0.3, -0.25) is 14.5 Å². The van der Waals surface area contributed by atoms with Gasteiger partial charge in [0.15, 0.2) is 0 Å². The molecular formula is C20H28N4O3. The number of nitrogens with zero attached hydrogens (tertiary/aromatic N) is 3. The van der Waals surface area contributed by atoms with Gasteiger partial charge in [-0.2, -0.15) is 0 Å². The quantitative estimate of drug-likeness (QED) is 0.871. The summed E-state index contributed by atoms with van der Waals surface area (Å²) in [6.45, 7) is 6.76. The first-order valence-electron chi connectivity index (χ1n) is 9.87. The van der Waals surface area contributed by atoms with Gasteiger partial charge in [0.1, 0.15) is 5.54 Å². The minimum absolute atomic E-state index is 0.0305. The summed E-state index contributed by atoms with van der Waals surface area (Å²) in [5.74, 6) is 0.731. The summed E-state index contributed by atoms with van der Waals surface area (Å²) in [5, 5.41) is 3.04. The molecule has 4 heterocycles. The van der Waals surface area contributed by atoms with E-state index in [-0.39, 0.29) is 17.9 Å². The van der Waals surface area contributed by atoms with Crippen LogP contribution in [0.25, 0.3) is 0 Å². The maximum Gasteiger partial charge on any atom is 0.256 e. The number of hydrogen-bond acceptors (Lipinski definition) is 5. The highest BCUT2D eigenvalue weighted by atomic mass is 16.5. The van der Waals surface area contributed by atoms with Gasteiger partial charge in [-0.15, -0.1) is 0 Å². The Kier molecular flexibility index (Phi) is 4.58. The van der Waals surface area contributed by atoms with Crippen LogP contribution >= 0.6 is 0 Å². The lowest BCUT2D eigenvalue weighted by Crippen LogP contribution is -2.58. The average Bonchev–Trinajstić information content (AvgIpc) is 3.19. The lowest BCUT2D eigenvalue weighted by atomic mass is 9.86. The first-order valence-corrected chi connectivity index (χ1v) is 9.87. The van der Waals surface area contributed by atoms with Crippen LogP contribution in [0.4, 0.5) is 0 Å². The molecule has 1 aromatic heterocycles. The molecule has 1 spiro atoms. The minimum atomic E-state index is -0.420. The Balaban J connectivity index is 1.65. The van der Waals surface area contributed by atoms with E-state index in [1.165, 1.54) is 0 Å². The van der Waals surface area contributed by atoms with E-state index < -0.39 is 5.54 Å². The number of carbonyl (C=O) groups excluding carboxylic acids is 2. The highest BCUT2D eigenvalue weighted by Gasteiger charge is 2.48. The molecular weight excluding hydrogens is 344 g/mol. The Morgan fingerprint density at radius 3 is 2.78 bits per heavy atom. The van der Waals surface area contributed by atoms with Crippen molar-refractivity contribution in [2.45, 2.75) is 64.2 Å². The molecule has 0 bridgehead atoms. The van der Waals surface area contributed by atoms with Crippen LogP contribution in [0.1, 0.15) is 61.1 Å². The van der Waals surface area contributed by atoms with Crippen molar-refractivity contribution in [2.75, 3.05) is 20.2 Å². The Bertz CT molecular complexity index is 779. The second-order valence-corrected chi connectivity index (χ2v) is 8.09. The molecule has 7 nitrogen and oxygen atoms in total. The molecule has 0 aliphatic carbocycles. The van der Waals surface area contributed by atoms with Crippen molar-refractivity contribution < 1.29 is 14.3 Å². The molecule has 3 aliphatic rings. The fraction of sp³-hybridized carbons (Fsp3) is 0.650. The molecule has 4 rings (SSSR count). The van der Waals surface area contributed by atoms with Crippen LogP contribution in [0.15, 0.2) is 6.07 Å². The standard InChI is InChI=1S/C20H28N4O3/c1-13(2)24-12-16-15(18(24)25)10-14(17(22-16)27-3)11-23-9-5-7-20(23)6-4-8-21-19(20)26/h10,13H,4-9,11-12H2,1-3H3,(H,21,26). The minimum Gasteiger partial charge on any atom is -0.481 e. The van der Waals surface area contributed by atoms with Crippen LogP contribution in [0.2, 0.25) is 0 Å². The number of hydrogen-bond donors (Lipinski definition) is 1. The maximum absolute atomic E-state index is 12.7. The number of ether oxygens (including phenoxy) is 1. The van der Waals surface area contributed by atoms with Crippen molar-refractivity contribution in [3.05, 3.63) is 22.9 Å². The number of likely N-dealkylation sites (tertiary alicyclic amines) is 1. The van der Waals surface area contributed by atoms with Crippen molar-refractivity contribution in [2.24, 2.45) is 0 Å². The van der Waals surface area contributed by atoms with Crippen molar-refractivity contribution in [3.8, 4) is 5.88 Å². The van der Waals surface area contributed by atoms with Gasteiger partial charge in [-0.05, 0) is 52.1 Å². The summed E-state index contributed by atoms with van der Waals surface area (Å²) < 4.78 is 5.55. The number of rotatable bonds is 4. The molecule has 0 saturated carbocycles. The molecule has 2 fully saturated rings. The Hall–Kier alpha value is -2.15. The Morgan fingerprint density at radius 1 is 1.30 bits per heavy atom. The van der Waals surface area contributed by atoms with E-state index in [0.717, 1.165) is 50.0 Å². The van der Waals surface area contributed by atoms with Crippen molar-refractivity contribution in [3.63, 3.8) is 0 Å². The summed E-state index contributed by atoms with van der Waals surface area (Å²) >= 11 is 0. The second-order valence-electron chi connectivity index (χ2n) is 8.09. The largest absolute Gasteiger partial charge is 0.481 e. The Labute approximate surface area is 160 Å². The molecule has 0 radical (unpaired) electrons. The first kappa shape index (κ1) is 18.2. The highest BCUT2D eigenvalue weighted by Crippen LogP contribution is 2.38. The topological polar surface area (TPSA) is 74.8 Å². The maximum atomic E-state index is 12.7. The van der Waals surface area contributed by atoms with Gasteiger partial charge >= 0.3 is 0 Å². The number of methoxy groups -OCH3 is 1. The highest BCUT2D eigenvalue weighted by molar-refractivity contribution is 5.98. The molecule has 27 heavy (non-hydrogen) atoms. The SMILES string of the molecule is COc1nc2c(cc1CN1CCCC13CCCNC3=O)C(=O)N(C(C)C)C2. The number of aromatic nitrogens is 1. The van der Waals surface area contributed by atoms with Gasteiger partial charge in [-0.1, -0.05) is 0 Å². The smallest absolute Gasteiger partial charge is 0.256 e. The summed E-state index contributed by atoms with van der Waals surface area (Å²) in [6.07, 6.45) is 3.79. The van der Waals surface area contributed by atoms with Crippen LogP contribution in [0.5, 0.6) is 5.88 Å². The second kappa shape index (κ2) is 6.78. The van der Waals surface area contributed by atoms with Gasteiger partial charge < -0.3 is 15.0 Å². The number of piperidine rings is 1. The number of nitrogens with one attached hydrogen (secondary N) is 1. The van der Waals surface area contributed by atoms with Gasteiger partial charge in [0.25, 0.3) is 5.91 Å². The molecule has 2 amide bonds. The predicted molar refractivity (Wildman–Crippen MR) is 100 cm³/mol. The molecule has 1 N–H and O–H groups in total. The summed E-state index contributed by atoms with van der Waals surface area (Å²) in [7, 11) is 1.61. The van der Waals surface area contributed by atoms with Crippen molar-refractivity contribution >= 4 is 11.8 Å². The van der Waals surface area contributed by atoms with Crippen molar-refractivity contribution in [1.82, 2.24) is 20.1 Å². The van der Waals surface area contributed by atoms with E-state index in [9.17, 15) is 9.59 Å². The van der Waals surface area contributed by atoms with Crippen LogP contribution in [-0.4, -0.2) is 58.4 Å². The normalized spacial score (nSPS) is 25.4. The molecule has 1 unspecified atom stereocenters. The molecule has 3 aliphatic heterocycles. The average molecular weight is 372 g/mol. The molecule has 146 valence electrons. The first-order chi connectivity index (χ1) is 13.0. The van der Waals surface area contributed by atoms with E-state index in [4.69, 9.17) is 4.74 Å². The fourth-order valence-electron chi connectivity index (χ4n) is 4.75. The monoisotopic (exact) mass is 372 g/mol. The Morgan fingerprint density at radius 2 is 2.07 bits per heavy atom. The molecule has 0 aromatic carbocycles. The van der Waals surface area contributed by atoms with Crippen LogP contribution in [-0.2, 0) is 17.9 Å². The van der Waals surface area contributed by atoms with Gasteiger partial charge in [-0.25, -0.2) is 4.98 Å². The van der Waals surface area contributed by atoms with Crippen LogP contribution in [0.3, 0.4) is 0 Å². The van der Waals surface area contributed by atoms with E-state index in [2.05, 4.69) is 15.2 Å². The van der Waals surface area contributed by atoms with Gasteiger partial charge in [0.05, 0.1) is 24.9 Å². The van der Waals surface area contributed by atoms with Gasteiger partial charge in [0.2, 0.25) is 11.8 Å². The summed E-state index contributed by atoms with van der Waals surface area (Å²) in [5.41, 5.74) is 1.91. The van der Waals surface area contributed by atoms with E-state index in [1.807, 2.05) is 24.8 Å². The zero-order valence-corrected chi connectivity index (χ0v) is 16.4. The number of pyridine rings is 1. The van der Waals surface area contributed by atoms with E-state index in [1.54, 1.807) is 7.11 Å². The molecule has 7 heteroatoms. The lowest BCUT2D eigenvalue weighted by Gasteiger charge is -2.40. The van der Waals surface area contributed by atoms with Crippen LogP contribution in [0, 0.1) is 0 Å². The summed E-state index contributed by atoms with van der Waals surface area (Å²) in [4.78, 5) is 34.1. The molecule has 1 atom stereocenters. The van der Waals surface area contributed by atoms with Gasteiger partial charge in [0, 0.05) is 24.7 Å². The fourth-order valence-corrected chi connectivity index (χ4v) is 4.75. The zero-order valence-electron chi connectivity index (χ0n) is 16.4. The number of fused-ring (bicyclic) bond motifs is 1. The van der Waals surface area contributed by atoms with E-state index in [0.29, 0.717) is 24.5 Å². The molecule has 2 saturated heterocycles. The third kappa shape index (κ3) is 2.88. The van der Waals surface area contributed by atoms with Crippen LogP contribution < -0.4 is 10.1 Å². The number of carbonyl (C=O) groups is 2. The predicted octanol–water partition coefficient (Wildman–Crippen LogP) is 1.70. The number of amides is 2. The van der Waals surface area contributed by atoms with E-state index >= 15 is 0 Å². The third-order valence-corrected chi connectivity index (χ3v) is 6.23. The van der Waals surface area contributed by atoms with Crippen molar-refractivity contribution in [1.29, 1.82) is 0 Å². The zero-order chi connectivity index (χ0) is 19.2. The molecule has 1 aromatic rings.